The first-order valence-corrected chi connectivity index (χ1v) is 14.7. The van der Waals surface area contributed by atoms with Gasteiger partial charge in [0, 0.05) is 38.3 Å². The first-order valence-electron chi connectivity index (χ1n) is 14.7. The van der Waals surface area contributed by atoms with Crippen LogP contribution in [0.1, 0.15) is 85.3 Å². The van der Waals surface area contributed by atoms with Gasteiger partial charge in [0.15, 0.2) is 0 Å². The zero-order valence-electron chi connectivity index (χ0n) is 27.5. The summed E-state index contributed by atoms with van der Waals surface area (Å²) in [5.74, 6) is -0.178. The predicted octanol–water partition coefficient (Wildman–Crippen LogP) is 6.47. The number of pyridine rings is 2. The van der Waals surface area contributed by atoms with Gasteiger partial charge in [-0.25, -0.2) is 19.6 Å². The highest BCUT2D eigenvalue weighted by atomic mass is 16.6. The lowest BCUT2D eigenvalue weighted by atomic mass is 10.2. The molecule has 0 aliphatic rings. The summed E-state index contributed by atoms with van der Waals surface area (Å²) < 4.78 is 15.7. The van der Waals surface area contributed by atoms with Crippen LogP contribution in [0.5, 0.6) is 0 Å². The topological polar surface area (TPSA) is 148 Å². The third kappa shape index (κ3) is 15.9. The van der Waals surface area contributed by atoms with Crippen molar-refractivity contribution >= 4 is 35.8 Å². The van der Waals surface area contributed by atoms with Gasteiger partial charge < -0.3 is 19.3 Å². The smallest absolute Gasteiger partial charge is 0.416 e. The average molecular weight is 617 g/mol. The van der Waals surface area contributed by atoms with Crippen molar-refractivity contribution in [1.29, 1.82) is 0 Å². The Kier molecular flexibility index (Phi) is 15.3. The third-order valence-corrected chi connectivity index (χ3v) is 5.42. The molecule has 12 nitrogen and oxygen atoms in total. The molecular formula is C32H48N4O8. The highest BCUT2D eigenvalue weighted by Gasteiger charge is 2.25. The number of rotatable bonds is 11. The van der Waals surface area contributed by atoms with Gasteiger partial charge in [0.2, 0.25) is 0 Å². The molecule has 244 valence electrons. The fourth-order valence-electron chi connectivity index (χ4n) is 3.57. The number of aliphatic carboxylic acids is 1. The van der Waals surface area contributed by atoms with Crippen LogP contribution in [0.15, 0.2) is 36.7 Å². The molecule has 1 N–H and O–H groups in total. The molecule has 0 spiro atoms. The summed E-state index contributed by atoms with van der Waals surface area (Å²) in [5, 5.41) is 8.72. The van der Waals surface area contributed by atoms with Crippen LogP contribution in [0.4, 0.5) is 21.2 Å². The lowest BCUT2D eigenvalue weighted by molar-refractivity contribution is -0.143. The van der Waals surface area contributed by atoms with E-state index in [1.54, 1.807) is 46.2 Å². The maximum absolute atomic E-state index is 12.4. The van der Waals surface area contributed by atoms with E-state index in [2.05, 4.69) is 9.97 Å². The van der Waals surface area contributed by atoms with E-state index >= 15 is 0 Å². The lowest BCUT2D eigenvalue weighted by Crippen LogP contribution is -2.38. The van der Waals surface area contributed by atoms with Gasteiger partial charge in [-0.05, 0) is 111 Å². The van der Waals surface area contributed by atoms with Crippen LogP contribution >= 0.6 is 0 Å². The number of hydrogen-bond acceptors (Lipinski definition) is 9. The molecule has 0 fully saturated rings. The minimum absolute atomic E-state index is 0.00882. The zero-order valence-corrected chi connectivity index (χ0v) is 27.5. The van der Waals surface area contributed by atoms with Crippen molar-refractivity contribution in [1.82, 2.24) is 9.97 Å². The second-order valence-corrected chi connectivity index (χ2v) is 12.1. The van der Waals surface area contributed by atoms with Crippen molar-refractivity contribution in [3.05, 3.63) is 47.8 Å². The molecule has 0 unspecified atom stereocenters. The molecule has 2 aromatic heterocycles. The molecule has 44 heavy (non-hydrogen) atoms. The molecule has 2 rings (SSSR count). The Hall–Kier alpha value is -4.22. The second-order valence-electron chi connectivity index (χ2n) is 12.1. The number of aryl methyl sites for hydroxylation is 2. The quantitative estimate of drug-likeness (QED) is 0.220. The Labute approximate surface area is 260 Å². The van der Waals surface area contributed by atoms with E-state index in [0.717, 1.165) is 11.1 Å². The van der Waals surface area contributed by atoms with Crippen molar-refractivity contribution < 1.29 is 38.5 Å². The van der Waals surface area contributed by atoms with E-state index in [-0.39, 0.29) is 25.4 Å². The van der Waals surface area contributed by atoms with Gasteiger partial charge in [-0.1, -0.05) is 0 Å². The minimum Gasteiger partial charge on any atom is -0.481 e. The Morgan fingerprint density at radius 1 is 0.750 bits per heavy atom. The molecular weight excluding hydrogens is 568 g/mol. The van der Waals surface area contributed by atoms with E-state index in [0.29, 0.717) is 37.6 Å². The summed E-state index contributed by atoms with van der Waals surface area (Å²) >= 11 is 0. The van der Waals surface area contributed by atoms with Crippen molar-refractivity contribution in [2.24, 2.45) is 0 Å². The Bertz CT molecular complexity index is 1240. The van der Waals surface area contributed by atoms with Gasteiger partial charge in [0.05, 0.1) is 6.61 Å². The molecule has 2 heterocycles. The highest BCUT2D eigenvalue weighted by Crippen LogP contribution is 2.19. The molecule has 2 amide bonds. The number of carbonyl (C=O) groups excluding carboxylic acids is 3. The second kappa shape index (κ2) is 17.8. The number of carbonyl (C=O) groups is 4. The van der Waals surface area contributed by atoms with Gasteiger partial charge in [0.25, 0.3) is 0 Å². The maximum Gasteiger partial charge on any atom is 0.416 e. The van der Waals surface area contributed by atoms with E-state index in [4.69, 9.17) is 19.3 Å². The third-order valence-electron chi connectivity index (χ3n) is 5.42. The zero-order chi connectivity index (χ0) is 33.5. The van der Waals surface area contributed by atoms with Crippen molar-refractivity contribution in [3.8, 4) is 0 Å². The predicted molar refractivity (Wildman–Crippen MR) is 168 cm³/mol. The first-order chi connectivity index (χ1) is 20.4. The number of aromatic nitrogens is 2. The van der Waals surface area contributed by atoms with E-state index < -0.39 is 29.4 Å². The van der Waals surface area contributed by atoms with Crippen LogP contribution in [0.3, 0.4) is 0 Å². The summed E-state index contributed by atoms with van der Waals surface area (Å²) in [6, 6.07) is 7.27. The Balaban J connectivity index is 0.000000442. The number of esters is 1. The number of amides is 2. The maximum atomic E-state index is 12.4. The fraction of sp³-hybridized carbons (Fsp3) is 0.562. The van der Waals surface area contributed by atoms with Crippen molar-refractivity contribution in [3.63, 3.8) is 0 Å². The Morgan fingerprint density at radius 3 is 1.50 bits per heavy atom. The number of carboxylic acid groups (broad SMARTS) is 1. The van der Waals surface area contributed by atoms with Gasteiger partial charge >= 0.3 is 24.1 Å². The molecule has 2 aromatic rings. The van der Waals surface area contributed by atoms with Crippen LogP contribution in [0.2, 0.25) is 0 Å². The fourth-order valence-corrected chi connectivity index (χ4v) is 3.57. The van der Waals surface area contributed by atoms with Crippen molar-refractivity contribution in [2.45, 2.75) is 99.2 Å². The van der Waals surface area contributed by atoms with Crippen LogP contribution in [-0.2, 0) is 23.8 Å². The normalized spacial score (nSPS) is 11.0. The van der Waals surface area contributed by atoms with Crippen LogP contribution in [-0.4, -0.2) is 70.1 Å². The molecule has 0 bridgehead atoms. The summed E-state index contributed by atoms with van der Waals surface area (Å²) in [7, 11) is 0. The minimum atomic E-state index is -0.892. The molecule has 0 atom stereocenters. The highest BCUT2D eigenvalue weighted by molar-refractivity contribution is 5.87. The monoisotopic (exact) mass is 616 g/mol. The van der Waals surface area contributed by atoms with Gasteiger partial charge in [-0.3, -0.25) is 19.4 Å². The Morgan fingerprint density at radius 2 is 1.16 bits per heavy atom. The summed E-state index contributed by atoms with van der Waals surface area (Å²) in [4.78, 5) is 58.0. The van der Waals surface area contributed by atoms with Crippen molar-refractivity contribution in [2.75, 3.05) is 29.5 Å². The number of ether oxygens (including phenoxy) is 3. The molecule has 12 heteroatoms. The van der Waals surface area contributed by atoms with Gasteiger partial charge in [-0.15, -0.1) is 0 Å². The standard InChI is InChI=1S/C17H26N2O4.C15H22N2O4/c1-6-22-15(20)8-7-11-19(16(21)23-17(3,4)5)14-12-13(2)9-10-18-14;1-11-7-8-16-12(10-11)17(9-5-6-13(18)19)14(20)21-15(2,3)4/h9-10,12H,6-8,11H2,1-5H3;7-8,10H,5-6,9H2,1-4H3,(H,18,19). The van der Waals surface area contributed by atoms with E-state index in [9.17, 15) is 19.2 Å². The molecule has 0 aliphatic heterocycles. The first kappa shape index (κ1) is 37.8. The molecule has 0 saturated heterocycles. The van der Waals surface area contributed by atoms with E-state index in [1.807, 2.05) is 52.8 Å². The van der Waals surface area contributed by atoms with Crippen LogP contribution < -0.4 is 9.80 Å². The number of nitrogens with zero attached hydrogens (tertiary/aromatic N) is 4. The number of anilines is 2. The molecule has 0 radical (unpaired) electrons. The van der Waals surface area contributed by atoms with Gasteiger partial charge in [-0.2, -0.15) is 0 Å². The summed E-state index contributed by atoms with van der Waals surface area (Å²) in [6.45, 7) is 17.3. The van der Waals surface area contributed by atoms with Gasteiger partial charge in [0.1, 0.15) is 22.8 Å². The average Bonchev–Trinajstić information content (AvgIpc) is 2.87. The molecule has 0 aromatic carbocycles. The van der Waals surface area contributed by atoms with Crippen LogP contribution in [0.25, 0.3) is 0 Å². The number of carboxylic acids is 1. The molecule has 0 saturated carbocycles. The van der Waals surface area contributed by atoms with E-state index in [1.165, 1.54) is 9.80 Å². The largest absolute Gasteiger partial charge is 0.481 e. The summed E-state index contributed by atoms with van der Waals surface area (Å²) in [6.07, 6.45) is 3.32. The lowest BCUT2D eigenvalue weighted by Gasteiger charge is -2.27. The molecule has 0 aliphatic carbocycles. The number of hydrogen-bond donors (Lipinski definition) is 1. The van der Waals surface area contributed by atoms with Crippen LogP contribution in [0, 0.1) is 13.8 Å². The SMILES string of the molecule is CCOC(=O)CCCN(C(=O)OC(C)(C)C)c1cc(C)ccn1.Cc1ccnc(N(CCCC(=O)O)C(=O)OC(C)(C)C)c1. The summed E-state index contributed by atoms with van der Waals surface area (Å²) in [5.41, 5.74) is 0.743.